The van der Waals surface area contributed by atoms with Crippen molar-refractivity contribution in [2.24, 2.45) is 0 Å². The summed E-state index contributed by atoms with van der Waals surface area (Å²) in [5.74, 6) is -1.82. The van der Waals surface area contributed by atoms with Gasteiger partial charge in [0.1, 0.15) is 5.82 Å². The zero-order chi connectivity index (χ0) is 22.1. The summed E-state index contributed by atoms with van der Waals surface area (Å²) in [6.07, 6.45) is 1.58. The first kappa shape index (κ1) is 20.7. The molecule has 1 amide bonds. The Morgan fingerprint density at radius 3 is 2.71 bits per heavy atom. The lowest BCUT2D eigenvalue weighted by atomic mass is 10.1. The number of amides is 1. The first-order chi connectivity index (χ1) is 14.9. The molecule has 4 aromatic rings. The number of thiophene rings is 1. The summed E-state index contributed by atoms with van der Waals surface area (Å²) < 4.78 is 20.8. The van der Waals surface area contributed by atoms with Crippen LogP contribution in [0.25, 0.3) is 21.6 Å². The van der Waals surface area contributed by atoms with Crippen LogP contribution in [0.3, 0.4) is 0 Å². The molecule has 31 heavy (non-hydrogen) atoms. The maximum atomic E-state index is 14.3. The highest BCUT2D eigenvalue weighted by molar-refractivity contribution is 7.13. The fourth-order valence-corrected chi connectivity index (χ4v) is 3.88. The number of carbonyl (C=O) groups excluding carboxylic acids is 2. The molecule has 0 saturated carbocycles. The van der Waals surface area contributed by atoms with Gasteiger partial charge in [0, 0.05) is 6.04 Å². The van der Waals surface area contributed by atoms with Crippen molar-refractivity contribution in [2.45, 2.75) is 19.9 Å². The van der Waals surface area contributed by atoms with E-state index >= 15 is 0 Å². The summed E-state index contributed by atoms with van der Waals surface area (Å²) in [7, 11) is 1.23. The van der Waals surface area contributed by atoms with E-state index in [2.05, 4.69) is 15.2 Å². The monoisotopic (exact) mass is 438 g/mol. The number of halogens is 1. The first-order valence-corrected chi connectivity index (χ1v) is 10.4. The lowest BCUT2D eigenvalue weighted by Crippen LogP contribution is -2.15. The van der Waals surface area contributed by atoms with Crippen molar-refractivity contribution in [2.75, 3.05) is 12.4 Å². The maximum Gasteiger partial charge on any atom is 0.337 e. The van der Waals surface area contributed by atoms with Crippen molar-refractivity contribution in [3.05, 3.63) is 64.9 Å². The second-order valence-electron chi connectivity index (χ2n) is 7.09. The van der Waals surface area contributed by atoms with Crippen molar-refractivity contribution in [3.63, 3.8) is 0 Å². The van der Waals surface area contributed by atoms with Gasteiger partial charge in [0.05, 0.1) is 46.1 Å². The molecule has 7 nitrogen and oxygen atoms in total. The number of pyridine rings is 1. The predicted octanol–water partition coefficient (Wildman–Crippen LogP) is 4.92. The number of aromatic nitrogens is 3. The summed E-state index contributed by atoms with van der Waals surface area (Å²) in [6, 6.07) is 9.16. The van der Waals surface area contributed by atoms with Gasteiger partial charge in [-0.15, -0.1) is 11.3 Å². The molecule has 0 bridgehead atoms. The second kappa shape index (κ2) is 8.27. The number of esters is 1. The van der Waals surface area contributed by atoms with Crippen molar-refractivity contribution in [1.82, 2.24) is 14.8 Å². The van der Waals surface area contributed by atoms with Crippen molar-refractivity contribution >= 4 is 39.9 Å². The van der Waals surface area contributed by atoms with E-state index in [0.29, 0.717) is 22.3 Å². The number of rotatable bonds is 5. The molecule has 3 aromatic heterocycles. The fraction of sp³-hybridized carbons (Fsp3) is 0.182. The van der Waals surface area contributed by atoms with Gasteiger partial charge in [-0.1, -0.05) is 6.07 Å². The molecule has 1 N–H and O–H groups in total. The quantitative estimate of drug-likeness (QED) is 0.447. The lowest BCUT2D eigenvalue weighted by molar-refractivity contribution is 0.0600. The lowest BCUT2D eigenvalue weighted by Gasteiger charge is -2.11. The predicted molar refractivity (Wildman–Crippen MR) is 117 cm³/mol. The van der Waals surface area contributed by atoms with Crippen LogP contribution in [0.4, 0.5) is 10.1 Å². The smallest absolute Gasteiger partial charge is 0.337 e. The highest BCUT2D eigenvalue weighted by Gasteiger charge is 2.20. The van der Waals surface area contributed by atoms with Gasteiger partial charge in [-0.3, -0.25) is 4.79 Å². The van der Waals surface area contributed by atoms with Gasteiger partial charge in [-0.2, -0.15) is 5.10 Å². The maximum absolute atomic E-state index is 14.3. The normalized spacial score (nSPS) is 11.1. The third-order valence-electron chi connectivity index (χ3n) is 4.71. The summed E-state index contributed by atoms with van der Waals surface area (Å²) in [6.45, 7) is 3.94. The van der Waals surface area contributed by atoms with Gasteiger partial charge in [0.15, 0.2) is 5.65 Å². The van der Waals surface area contributed by atoms with E-state index in [1.807, 2.05) is 31.4 Å². The number of carbonyl (C=O) groups is 2. The molecule has 1 aromatic carbocycles. The number of nitrogens with one attached hydrogen (secondary N) is 1. The summed E-state index contributed by atoms with van der Waals surface area (Å²) in [5, 5.41) is 9.42. The van der Waals surface area contributed by atoms with Crippen LogP contribution in [0.1, 0.15) is 40.6 Å². The van der Waals surface area contributed by atoms with Gasteiger partial charge < -0.3 is 10.1 Å². The van der Waals surface area contributed by atoms with Crippen molar-refractivity contribution in [3.8, 4) is 10.6 Å². The topological polar surface area (TPSA) is 86.1 Å². The first-order valence-electron chi connectivity index (χ1n) is 9.50. The van der Waals surface area contributed by atoms with Crippen LogP contribution in [-0.4, -0.2) is 33.8 Å². The third kappa shape index (κ3) is 3.91. The number of fused-ring (bicyclic) bond motifs is 1. The molecule has 9 heteroatoms. The van der Waals surface area contributed by atoms with Crippen LogP contribution in [0.5, 0.6) is 0 Å². The number of methoxy groups -OCH3 is 1. The summed E-state index contributed by atoms with van der Waals surface area (Å²) in [4.78, 5) is 30.6. The molecule has 0 fully saturated rings. The highest BCUT2D eigenvalue weighted by Crippen LogP contribution is 2.29. The zero-order valence-electron chi connectivity index (χ0n) is 17.0. The standard InChI is InChI=1S/C22H19FN4O3S/c1-12(2)27-20-15(11-24-27)14(10-18(25-20)19-5-4-8-31-19)21(28)26-17-9-13(22(29)30-3)6-7-16(17)23/h4-12H,1-3H3,(H,26,28). The third-order valence-corrected chi connectivity index (χ3v) is 5.60. The van der Waals surface area contributed by atoms with Gasteiger partial charge in [-0.05, 0) is 49.6 Å². The Balaban J connectivity index is 1.80. The Labute approximate surface area is 181 Å². The van der Waals surface area contributed by atoms with Crippen LogP contribution in [0.15, 0.2) is 48.0 Å². The molecule has 0 saturated heterocycles. The van der Waals surface area contributed by atoms with Crippen molar-refractivity contribution < 1.29 is 18.7 Å². The number of hydrogen-bond donors (Lipinski definition) is 1. The van der Waals surface area contributed by atoms with Gasteiger partial charge in [0.25, 0.3) is 5.91 Å². The Hall–Kier alpha value is -3.59. The Morgan fingerprint density at radius 2 is 2.03 bits per heavy atom. The molecule has 0 spiro atoms. The SMILES string of the molecule is COC(=O)c1ccc(F)c(NC(=O)c2cc(-c3cccs3)nc3c2cnn3C(C)C)c1. The molecule has 0 radical (unpaired) electrons. The van der Waals surface area contributed by atoms with E-state index in [1.165, 1.54) is 30.6 Å². The number of nitrogens with zero attached hydrogens (tertiary/aromatic N) is 3. The zero-order valence-corrected chi connectivity index (χ0v) is 17.9. The molecule has 0 aliphatic rings. The van der Waals surface area contributed by atoms with E-state index in [1.54, 1.807) is 16.9 Å². The number of anilines is 1. The molecule has 3 heterocycles. The number of ether oxygens (including phenoxy) is 1. The van der Waals surface area contributed by atoms with Crippen LogP contribution >= 0.6 is 11.3 Å². The van der Waals surface area contributed by atoms with Gasteiger partial charge in [-0.25, -0.2) is 18.9 Å². The molecular formula is C22H19FN4O3S. The molecule has 0 unspecified atom stereocenters. The number of benzene rings is 1. The minimum Gasteiger partial charge on any atom is -0.465 e. The van der Waals surface area contributed by atoms with E-state index in [0.717, 1.165) is 10.9 Å². The largest absolute Gasteiger partial charge is 0.465 e. The Kier molecular flexibility index (Phi) is 5.51. The van der Waals surface area contributed by atoms with Crippen LogP contribution in [-0.2, 0) is 4.74 Å². The van der Waals surface area contributed by atoms with Crippen molar-refractivity contribution in [1.29, 1.82) is 0 Å². The van der Waals surface area contributed by atoms with Crippen LogP contribution < -0.4 is 5.32 Å². The van der Waals surface area contributed by atoms with E-state index in [-0.39, 0.29) is 17.3 Å². The van der Waals surface area contributed by atoms with Gasteiger partial charge >= 0.3 is 5.97 Å². The Morgan fingerprint density at radius 1 is 1.23 bits per heavy atom. The molecular weight excluding hydrogens is 419 g/mol. The minimum absolute atomic E-state index is 0.0358. The van der Waals surface area contributed by atoms with E-state index in [9.17, 15) is 14.0 Å². The Bertz CT molecular complexity index is 1280. The molecule has 0 atom stereocenters. The summed E-state index contributed by atoms with van der Waals surface area (Å²) >= 11 is 1.50. The van der Waals surface area contributed by atoms with E-state index < -0.39 is 17.7 Å². The van der Waals surface area contributed by atoms with Crippen LogP contribution in [0.2, 0.25) is 0 Å². The second-order valence-corrected chi connectivity index (χ2v) is 8.04. The van der Waals surface area contributed by atoms with Crippen LogP contribution in [0, 0.1) is 5.82 Å². The fourth-order valence-electron chi connectivity index (χ4n) is 3.19. The average Bonchev–Trinajstić information content (AvgIpc) is 3.43. The molecule has 158 valence electrons. The minimum atomic E-state index is -0.664. The summed E-state index contributed by atoms with van der Waals surface area (Å²) in [5.41, 5.74) is 1.51. The molecule has 0 aliphatic heterocycles. The molecule has 4 rings (SSSR count). The highest BCUT2D eigenvalue weighted by atomic mass is 32.1. The van der Waals surface area contributed by atoms with Gasteiger partial charge in [0.2, 0.25) is 0 Å². The molecule has 0 aliphatic carbocycles. The van der Waals surface area contributed by atoms with E-state index in [4.69, 9.17) is 4.98 Å². The average molecular weight is 438 g/mol. The number of hydrogen-bond acceptors (Lipinski definition) is 6.